The maximum Gasteiger partial charge on any atom is 0.343 e. The smallest absolute Gasteiger partial charge is 0.343 e. The van der Waals surface area contributed by atoms with Gasteiger partial charge in [-0.1, -0.05) is 38.1 Å². The summed E-state index contributed by atoms with van der Waals surface area (Å²) in [6, 6.07) is 12.4. The molecule has 0 aromatic heterocycles. The molecule has 0 fully saturated rings. The summed E-state index contributed by atoms with van der Waals surface area (Å²) in [7, 11) is 0. The van der Waals surface area contributed by atoms with E-state index in [1.165, 1.54) is 5.56 Å². The van der Waals surface area contributed by atoms with Gasteiger partial charge < -0.3 is 14.6 Å². The Bertz CT molecular complexity index is 793. The van der Waals surface area contributed by atoms with Gasteiger partial charge in [-0.05, 0) is 53.8 Å². The number of aliphatic hydroxyl groups is 1. The third kappa shape index (κ3) is 6.08. The minimum Gasteiger partial charge on any atom is -0.458 e. The van der Waals surface area contributed by atoms with Crippen LogP contribution in [-0.4, -0.2) is 23.7 Å². The van der Waals surface area contributed by atoms with Crippen molar-refractivity contribution in [2.75, 3.05) is 6.61 Å². The van der Waals surface area contributed by atoms with Crippen LogP contribution in [0.1, 0.15) is 40.4 Å². The highest BCUT2D eigenvalue weighted by molar-refractivity contribution is 5.91. The van der Waals surface area contributed by atoms with Gasteiger partial charge in [-0.25, -0.2) is 9.59 Å². The Hall–Kier alpha value is -2.92. The third-order valence-corrected chi connectivity index (χ3v) is 4.03. The first-order valence-electron chi connectivity index (χ1n) is 8.90. The SMILES string of the molecule is C=CC(=O)OCc1cc(OC(=O)c2ccc(CCC)cc2)ccc1CCO. The van der Waals surface area contributed by atoms with Crippen LogP contribution < -0.4 is 4.74 Å². The molecule has 2 aromatic rings. The maximum atomic E-state index is 12.4. The summed E-state index contributed by atoms with van der Waals surface area (Å²) in [5.74, 6) is -0.648. The van der Waals surface area contributed by atoms with E-state index in [4.69, 9.17) is 9.47 Å². The second kappa shape index (κ2) is 10.3. The predicted octanol–water partition coefficient (Wildman–Crippen LogP) is 3.62. The number of hydrogen-bond donors (Lipinski definition) is 1. The topological polar surface area (TPSA) is 72.8 Å². The molecule has 0 unspecified atom stereocenters. The van der Waals surface area contributed by atoms with Crippen LogP contribution in [0.5, 0.6) is 5.75 Å². The predicted molar refractivity (Wildman–Crippen MR) is 103 cm³/mol. The Morgan fingerprint density at radius 2 is 1.81 bits per heavy atom. The van der Waals surface area contributed by atoms with Crippen LogP contribution in [0.4, 0.5) is 0 Å². The first-order chi connectivity index (χ1) is 13.1. The van der Waals surface area contributed by atoms with Crippen LogP contribution in [0.3, 0.4) is 0 Å². The molecule has 0 saturated heterocycles. The highest BCUT2D eigenvalue weighted by atomic mass is 16.5. The van der Waals surface area contributed by atoms with E-state index in [9.17, 15) is 14.7 Å². The lowest BCUT2D eigenvalue weighted by Gasteiger charge is -2.12. The summed E-state index contributed by atoms with van der Waals surface area (Å²) in [4.78, 5) is 23.7. The second-order valence-corrected chi connectivity index (χ2v) is 6.05. The quantitative estimate of drug-likeness (QED) is 0.416. The average molecular weight is 368 g/mol. The Balaban J connectivity index is 2.13. The zero-order chi connectivity index (χ0) is 19.6. The lowest BCUT2D eigenvalue weighted by Crippen LogP contribution is -2.10. The molecule has 2 aromatic carbocycles. The van der Waals surface area contributed by atoms with Crippen molar-refractivity contribution in [3.05, 3.63) is 77.4 Å². The molecule has 142 valence electrons. The van der Waals surface area contributed by atoms with E-state index >= 15 is 0 Å². The van der Waals surface area contributed by atoms with Gasteiger partial charge >= 0.3 is 11.9 Å². The van der Waals surface area contributed by atoms with Gasteiger partial charge in [-0.2, -0.15) is 0 Å². The molecule has 0 aliphatic rings. The third-order valence-electron chi connectivity index (χ3n) is 4.03. The number of ether oxygens (including phenoxy) is 2. The van der Waals surface area contributed by atoms with Gasteiger partial charge in [0.25, 0.3) is 0 Å². The molecule has 2 rings (SSSR count). The van der Waals surface area contributed by atoms with Gasteiger partial charge in [0.05, 0.1) is 5.56 Å². The summed E-state index contributed by atoms with van der Waals surface area (Å²) in [5, 5.41) is 9.18. The Morgan fingerprint density at radius 1 is 1.07 bits per heavy atom. The number of hydrogen-bond acceptors (Lipinski definition) is 5. The molecule has 0 spiro atoms. The summed E-state index contributed by atoms with van der Waals surface area (Å²) in [6.07, 6.45) is 3.50. The molecule has 1 N–H and O–H groups in total. The van der Waals surface area contributed by atoms with Crippen LogP contribution in [0.25, 0.3) is 0 Å². The summed E-state index contributed by atoms with van der Waals surface area (Å²) >= 11 is 0. The van der Waals surface area contributed by atoms with Crippen molar-refractivity contribution in [3.63, 3.8) is 0 Å². The van der Waals surface area contributed by atoms with Gasteiger partial charge in [-0.15, -0.1) is 0 Å². The van der Waals surface area contributed by atoms with Crippen LogP contribution in [-0.2, 0) is 29.0 Å². The van der Waals surface area contributed by atoms with Crippen molar-refractivity contribution in [1.29, 1.82) is 0 Å². The van der Waals surface area contributed by atoms with Crippen molar-refractivity contribution in [2.24, 2.45) is 0 Å². The van der Waals surface area contributed by atoms with Gasteiger partial charge in [0.2, 0.25) is 0 Å². The normalized spacial score (nSPS) is 10.3. The number of esters is 2. The number of rotatable bonds is 9. The minimum atomic E-state index is -0.542. The minimum absolute atomic E-state index is 0.0112. The standard InChI is InChI=1S/C22H24O5/c1-3-5-16-6-8-18(9-7-16)22(25)27-20-11-10-17(12-13-23)19(14-20)15-26-21(24)4-2/h4,6-11,14,23H,2-3,5,12-13,15H2,1H3. The zero-order valence-corrected chi connectivity index (χ0v) is 15.4. The Kier molecular flexibility index (Phi) is 7.77. The number of carbonyl (C=O) groups excluding carboxylic acids is 2. The Morgan fingerprint density at radius 3 is 2.44 bits per heavy atom. The molecule has 0 radical (unpaired) electrons. The number of aliphatic hydroxyl groups excluding tert-OH is 1. The zero-order valence-electron chi connectivity index (χ0n) is 15.4. The molecule has 0 aliphatic heterocycles. The van der Waals surface area contributed by atoms with Gasteiger partial charge in [0, 0.05) is 12.7 Å². The van der Waals surface area contributed by atoms with Crippen molar-refractivity contribution < 1.29 is 24.2 Å². The molecule has 5 heteroatoms. The van der Waals surface area contributed by atoms with E-state index in [1.54, 1.807) is 30.3 Å². The summed E-state index contributed by atoms with van der Waals surface area (Å²) in [6.45, 7) is 5.43. The van der Waals surface area contributed by atoms with Crippen LogP contribution in [0.15, 0.2) is 55.1 Å². The van der Waals surface area contributed by atoms with Gasteiger partial charge in [0.1, 0.15) is 12.4 Å². The monoisotopic (exact) mass is 368 g/mol. The van der Waals surface area contributed by atoms with E-state index in [-0.39, 0.29) is 13.2 Å². The maximum absolute atomic E-state index is 12.4. The molecule has 0 heterocycles. The largest absolute Gasteiger partial charge is 0.458 e. The van der Waals surface area contributed by atoms with Crippen molar-refractivity contribution in [2.45, 2.75) is 32.8 Å². The molecule has 5 nitrogen and oxygen atoms in total. The average Bonchev–Trinajstić information content (AvgIpc) is 2.68. The molecule has 0 amide bonds. The molecule has 0 bridgehead atoms. The molecular weight excluding hydrogens is 344 g/mol. The molecule has 27 heavy (non-hydrogen) atoms. The summed E-state index contributed by atoms with van der Waals surface area (Å²) < 4.78 is 10.5. The highest BCUT2D eigenvalue weighted by Gasteiger charge is 2.12. The molecule has 0 saturated carbocycles. The molecule has 0 aliphatic carbocycles. The fourth-order valence-electron chi connectivity index (χ4n) is 2.63. The lowest BCUT2D eigenvalue weighted by molar-refractivity contribution is -0.139. The molecular formula is C22H24O5. The van der Waals surface area contributed by atoms with Crippen molar-refractivity contribution >= 4 is 11.9 Å². The Labute approximate surface area is 159 Å². The number of carbonyl (C=O) groups is 2. The van der Waals surface area contributed by atoms with E-state index in [0.29, 0.717) is 23.3 Å². The number of aryl methyl sites for hydroxylation is 1. The molecule has 0 atom stereocenters. The lowest BCUT2D eigenvalue weighted by atomic mass is 10.0. The first kappa shape index (κ1) is 20.4. The fraction of sp³-hybridized carbons (Fsp3) is 0.273. The highest BCUT2D eigenvalue weighted by Crippen LogP contribution is 2.21. The van der Waals surface area contributed by atoms with E-state index in [0.717, 1.165) is 24.5 Å². The van der Waals surface area contributed by atoms with E-state index in [2.05, 4.69) is 13.5 Å². The van der Waals surface area contributed by atoms with Crippen LogP contribution >= 0.6 is 0 Å². The second-order valence-electron chi connectivity index (χ2n) is 6.05. The number of benzene rings is 2. The van der Waals surface area contributed by atoms with Gasteiger partial charge in [0.15, 0.2) is 0 Å². The van der Waals surface area contributed by atoms with Crippen LogP contribution in [0.2, 0.25) is 0 Å². The first-order valence-corrected chi connectivity index (χ1v) is 8.90. The van der Waals surface area contributed by atoms with Crippen molar-refractivity contribution in [3.8, 4) is 5.75 Å². The van der Waals surface area contributed by atoms with E-state index < -0.39 is 11.9 Å². The summed E-state index contributed by atoms with van der Waals surface area (Å²) in [5.41, 5.74) is 3.13. The van der Waals surface area contributed by atoms with Crippen molar-refractivity contribution in [1.82, 2.24) is 0 Å². The fourth-order valence-corrected chi connectivity index (χ4v) is 2.63. The van der Waals surface area contributed by atoms with E-state index in [1.807, 2.05) is 12.1 Å². The van der Waals surface area contributed by atoms with Gasteiger partial charge in [-0.3, -0.25) is 0 Å². The van der Waals surface area contributed by atoms with Crippen LogP contribution in [0, 0.1) is 0 Å².